The van der Waals surface area contributed by atoms with E-state index in [9.17, 15) is 18.0 Å². The van der Waals surface area contributed by atoms with Crippen molar-refractivity contribution in [2.45, 2.75) is 19.1 Å². The number of aromatic amines is 2. The number of aryl methyl sites for hydroxylation is 1. The predicted molar refractivity (Wildman–Crippen MR) is 133 cm³/mol. The molecule has 3 N–H and O–H groups in total. The highest BCUT2D eigenvalue weighted by Crippen LogP contribution is 2.40. The maximum atomic E-state index is 14.1. The van der Waals surface area contributed by atoms with Crippen molar-refractivity contribution in [1.29, 1.82) is 0 Å². The van der Waals surface area contributed by atoms with Gasteiger partial charge >= 0.3 is 6.18 Å². The highest BCUT2D eigenvalue weighted by molar-refractivity contribution is 5.97. The van der Waals surface area contributed by atoms with Crippen LogP contribution in [0.25, 0.3) is 33.5 Å². The molecule has 0 bridgehead atoms. The summed E-state index contributed by atoms with van der Waals surface area (Å²) in [6, 6.07) is 2.06. The Kier molecular flexibility index (Phi) is 5.63. The smallest absolute Gasteiger partial charge is 0.418 e. The van der Waals surface area contributed by atoms with Crippen LogP contribution in [0.5, 0.6) is 0 Å². The van der Waals surface area contributed by atoms with Crippen molar-refractivity contribution in [3.63, 3.8) is 0 Å². The molecule has 0 saturated carbocycles. The van der Waals surface area contributed by atoms with Gasteiger partial charge in [0.25, 0.3) is 5.56 Å². The summed E-state index contributed by atoms with van der Waals surface area (Å²) in [5.74, 6) is 0.107. The fraction of sp³-hybridized carbons (Fsp3) is 0.333. The maximum Gasteiger partial charge on any atom is 0.418 e. The molecule has 198 valence electrons. The number of hydrogen-bond acceptors (Lipinski definition) is 8. The SMILES string of the molecule is C[C@H](Nc1c(-c2nc3cc(C(F)(F)F)c(N4CCOCC4)cc3[nH]2)c(=O)[nH]c2cn(C)nc12)c1cocn1. The third-order valence-corrected chi connectivity index (χ3v) is 6.54. The Bertz CT molecular complexity index is 1680. The molecule has 5 heterocycles. The van der Waals surface area contributed by atoms with Crippen LogP contribution < -0.4 is 15.8 Å². The molecule has 0 amide bonds. The first-order valence-electron chi connectivity index (χ1n) is 11.9. The number of anilines is 2. The number of oxazole rings is 1. The topological polar surface area (TPSA) is 130 Å². The summed E-state index contributed by atoms with van der Waals surface area (Å²) in [4.78, 5) is 29.4. The molecule has 14 heteroatoms. The number of fused-ring (bicyclic) bond motifs is 2. The molecule has 6 rings (SSSR count). The first-order chi connectivity index (χ1) is 18.2. The first kappa shape index (κ1) is 24.0. The maximum absolute atomic E-state index is 14.1. The number of halogens is 3. The van der Waals surface area contributed by atoms with Crippen LogP contribution in [-0.2, 0) is 18.0 Å². The number of morpholine rings is 1. The van der Waals surface area contributed by atoms with Crippen LogP contribution >= 0.6 is 0 Å². The zero-order valence-electron chi connectivity index (χ0n) is 20.4. The largest absolute Gasteiger partial charge is 0.451 e. The van der Waals surface area contributed by atoms with Gasteiger partial charge in [-0.25, -0.2) is 9.97 Å². The van der Waals surface area contributed by atoms with Crippen molar-refractivity contribution in [1.82, 2.24) is 29.7 Å². The Morgan fingerprint density at radius 1 is 1.16 bits per heavy atom. The van der Waals surface area contributed by atoms with Crippen LogP contribution in [-0.4, -0.2) is 56.0 Å². The van der Waals surface area contributed by atoms with Crippen molar-refractivity contribution in [3.05, 3.63) is 52.6 Å². The van der Waals surface area contributed by atoms with Crippen LogP contribution in [0.4, 0.5) is 24.5 Å². The highest BCUT2D eigenvalue weighted by atomic mass is 19.4. The molecule has 4 aromatic heterocycles. The van der Waals surface area contributed by atoms with Crippen LogP contribution in [0, 0.1) is 0 Å². The van der Waals surface area contributed by atoms with Gasteiger partial charge in [0.05, 0.1) is 52.7 Å². The normalized spacial score (nSPS) is 15.4. The van der Waals surface area contributed by atoms with Crippen LogP contribution in [0.15, 0.2) is 40.2 Å². The molecular weight excluding hydrogens is 505 g/mol. The molecule has 0 unspecified atom stereocenters. The van der Waals surface area contributed by atoms with Gasteiger partial charge in [-0.3, -0.25) is 9.48 Å². The lowest BCUT2D eigenvalue weighted by molar-refractivity contribution is -0.137. The van der Waals surface area contributed by atoms with Crippen molar-refractivity contribution >= 4 is 33.4 Å². The number of alkyl halides is 3. The minimum absolute atomic E-state index is 0.0376. The Morgan fingerprint density at radius 3 is 2.66 bits per heavy atom. The average molecular weight is 528 g/mol. The van der Waals surface area contributed by atoms with Gasteiger partial charge in [0.1, 0.15) is 28.9 Å². The van der Waals surface area contributed by atoms with Crippen LogP contribution in [0.3, 0.4) is 0 Å². The Morgan fingerprint density at radius 2 is 1.95 bits per heavy atom. The van der Waals surface area contributed by atoms with E-state index in [1.54, 1.807) is 22.8 Å². The van der Waals surface area contributed by atoms with Gasteiger partial charge in [-0.1, -0.05) is 0 Å². The number of ether oxygens (including phenoxy) is 1. The molecule has 0 radical (unpaired) electrons. The molecule has 38 heavy (non-hydrogen) atoms. The molecule has 1 aliphatic rings. The summed E-state index contributed by atoms with van der Waals surface area (Å²) in [7, 11) is 1.72. The molecule has 5 aromatic rings. The Hall–Kier alpha value is -4.33. The monoisotopic (exact) mass is 528 g/mol. The van der Waals surface area contributed by atoms with Gasteiger partial charge < -0.3 is 29.3 Å². The predicted octanol–water partition coefficient (Wildman–Crippen LogP) is 3.82. The van der Waals surface area contributed by atoms with Gasteiger partial charge in [-0.05, 0) is 19.1 Å². The van der Waals surface area contributed by atoms with Crippen molar-refractivity contribution in [3.8, 4) is 11.4 Å². The quantitative estimate of drug-likeness (QED) is 0.314. The van der Waals surface area contributed by atoms with Gasteiger partial charge in [0, 0.05) is 26.3 Å². The van der Waals surface area contributed by atoms with Crippen LogP contribution in [0.2, 0.25) is 0 Å². The molecule has 0 spiro atoms. The van der Waals surface area contributed by atoms with Gasteiger partial charge in [0.2, 0.25) is 0 Å². The fourth-order valence-corrected chi connectivity index (χ4v) is 4.73. The second kappa shape index (κ2) is 8.90. The zero-order valence-corrected chi connectivity index (χ0v) is 20.4. The molecule has 1 saturated heterocycles. The molecule has 1 aromatic carbocycles. The van der Waals surface area contributed by atoms with E-state index in [2.05, 4.69) is 30.4 Å². The summed E-state index contributed by atoms with van der Waals surface area (Å²) < 4.78 is 54.1. The van der Waals surface area contributed by atoms with E-state index >= 15 is 0 Å². The molecule has 0 aliphatic carbocycles. The second-order valence-electron chi connectivity index (χ2n) is 9.12. The van der Waals surface area contributed by atoms with E-state index < -0.39 is 17.3 Å². The lowest BCUT2D eigenvalue weighted by Crippen LogP contribution is -2.37. The van der Waals surface area contributed by atoms with E-state index in [-0.39, 0.29) is 28.6 Å². The zero-order chi connectivity index (χ0) is 26.6. The second-order valence-corrected chi connectivity index (χ2v) is 9.12. The van der Waals surface area contributed by atoms with Crippen molar-refractivity contribution < 1.29 is 22.3 Å². The number of nitrogens with zero attached hydrogens (tertiary/aromatic N) is 5. The average Bonchev–Trinajstić information content (AvgIpc) is 3.62. The number of imidazole rings is 1. The number of hydrogen-bond donors (Lipinski definition) is 3. The van der Waals surface area contributed by atoms with E-state index in [0.29, 0.717) is 54.2 Å². The molecule has 1 fully saturated rings. The van der Waals surface area contributed by atoms with Gasteiger partial charge in [0.15, 0.2) is 6.39 Å². The van der Waals surface area contributed by atoms with E-state index in [0.717, 1.165) is 6.07 Å². The lowest BCUT2D eigenvalue weighted by Gasteiger charge is -2.31. The standard InChI is InChI=1S/C24H23F3N8O3/c1-12(17-10-38-11-28-17)29-21-19(23(36)32-16-9-34(2)33-20(16)21)22-30-14-7-13(24(25,26)27)18(8-15(14)31-22)35-3-5-37-6-4-35/h7-12,29H,3-6H2,1-2H3,(H,30,31)(H,32,36)/t12-/m0/s1. The van der Waals surface area contributed by atoms with Crippen LogP contribution in [0.1, 0.15) is 24.2 Å². The van der Waals surface area contributed by atoms with E-state index in [1.165, 1.54) is 18.7 Å². The Balaban J connectivity index is 1.53. The van der Waals surface area contributed by atoms with Crippen molar-refractivity contribution in [2.75, 3.05) is 36.5 Å². The number of aromatic nitrogens is 6. The minimum atomic E-state index is -4.59. The summed E-state index contributed by atoms with van der Waals surface area (Å²) >= 11 is 0. The number of nitrogens with one attached hydrogen (secondary N) is 3. The number of pyridine rings is 1. The molecule has 1 aliphatic heterocycles. The number of H-pyrrole nitrogens is 2. The summed E-state index contributed by atoms with van der Waals surface area (Å²) in [5, 5.41) is 7.75. The summed E-state index contributed by atoms with van der Waals surface area (Å²) in [5.41, 5.74) is 1.23. The fourth-order valence-electron chi connectivity index (χ4n) is 4.73. The van der Waals surface area contributed by atoms with Crippen molar-refractivity contribution in [2.24, 2.45) is 7.05 Å². The summed E-state index contributed by atoms with van der Waals surface area (Å²) in [6.07, 6.45) is -0.153. The van der Waals surface area contributed by atoms with Gasteiger partial charge in [-0.15, -0.1) is 0 Å². The first-order valence-corrected chi connectivity index (χ1v) is 11.9. The minimum Gasteiger partial charge on any atom is -0.451 e. The molecule has 1 atom stereocenters. The molecule has 11 nitrogen and oxygen atoms in total. The third kappa shape index (κ3) is 4.16. The van der Waals surface area contributed by atoms with Gasteiger partial charge in [-0.2, -0.15) is 18.3 Å². The summed E-state index contributed by atoms with van der Waals surface area (Å²) in [6.45, 7) is 3.17. The Labute approximate surface area is 212 Å². The lowest BCUT2D eigenvalue weighted by atomic mass is 10.1. The number of benzene rings is 1. The molecular formula is C24H23F3N8O3. The van der Waals surface area contributed by atoms with E-state index in [4.69, 9.17) is 9.15 Å². The van der Waals surface area contributed by atoms with E-state index in [1.807, 2.05) is 6.92 Å². The number of rotatable bonds is 5. The highest BCUT2D eigenvalue weighted by Gasteiger charge is 2.36. The third-order valence-electron chi connectivity index (χ3n) is 6.54.